The fourth-order valence-electron chi connectivity index (χ4n) is 3.58. The Kier molecular flexibility index (Phi) is 7.01. The molecule has 2 rings (SSSR count). The molecule has 160 valence electrons. The van der Waals surface area contributed by atoms with E-state index in [-0.39, 0.29) is 4.90 Å². The van der Waals surface area contributed by atoms with E-state index in [0.29, 0.717) is 23.4 Å². The Hall–Kier alpha value is -2.06. The molecule has 0 aliphatic carbocycles. The van der Waals surface area contributed by atoms with Crippen LogP contribution in [0.2, 0.25) is 0 Å². The maximum absolute atomic E-state index is 13.8. The molecule has 4 nitrogen and oxygen atoms in total. The molecular formula is C21H27F3N2O2S. The number of halogens is 3. The Bertz CT molecular complexity index is 949. The third kappa shape index (κ3) is 5.51. The van der Waals surface area contributed by atoms with Gasteiger partial charge in [0.1, 0.15) is 6.04 Å². The molecular weight excluding hydrogens is 401 g/mol. The summed E-state index contributed by atoms with van der Waals surface area (Å²) >= 11 is 0. The van der Waals surface area contributed by atoms with Crippen LogP contribution in [0.25, 0.3) is 0 Å². The van der Waals surface area contributed by atoms with E-state index >= 15 is 0 Å². The number of nitrogens with one attached hydrogen (secondary N) is 1. The van der Waals surface area contributed by atoms with Crippen LogP contribution in [0.3, 0.4) is 0 Å². The van der Waals surface area contributed by atoms with Crippen LogP contribution in [-0.2, 0) is 10.0 Å². The van der Waals surface area contributed by atoms with E-state index in [0.717, 1.165) is 11.1 Å². The summed E-state index contributed by atoms with van der Waals surface area (Å²) in [5.41, 5.74) is 3.15. The lowest BCUT2D eigenvalue weighted by Gasteiger charge is -2.31. The maximum atomic E-state index is 13.8. The van der Waals surface area contributed by atoms with Gasteiger partial charge in [-0.3, -0.25) is 0 Å². The monoisotopic (exact) mass is 428 g/mol. The molecule has 29 heavy (non-hydrogen) atoms. The van der Waals surface area contributed by atoms with E-state index in [1.54, 1.807) is 51.1 Å². The molecule has 2 aromatic rings. The highest BCUT2D eigenvalue weighted by atomic mass is 32.2. The smallest absolute Gasteiger partial charge is 0.370 e. The Morgan fingerprint density at radius 1 is 1.00 bits per heavy atom. The van der Waals surface area contributed by atoms with Crippen molar-refractivity contribution in [3.05, 3.63) is 58.7 Å². The van der Waals surface area contributed by atoms with Gasteiger partial charge in [0.15, 0.2) is 0 Å². The van der Waals surface area contributed by atoms with Crippen molar-refractivity contribution in [2.45, 2.75) is 51.7 Å². The Labute approximate surface area is 170 Å². The molecule has 1 N–H and O–H groups in total. The zero-order chi connectivity index (χ0) is 22.0. The molecule has 1 atom stereocenters. The molecule has 0 saturated carbocycles. The van der Waals surface area contributed by atoms with Crippen LogP contribution in [0, 0.1) is 27.7 Å². The third-order valence-corrected chi connectivity index (χ3v) is 6.58. The molecule has 8 heteroatoms. The molecule has 1 unspecified atom stereocenters. The summed E-state index contributed by atoms with van der Waals surface area (Å²) < 4.78 is 69.1. The van der Waals surface area contributed by atoms with Gasteiger partial charge in [-0.15, -0.1) is 0 Å². The summed E-state index contributed by atoms with van der Waals surface area (Å²) in [6.07, 6.45) is -4.74. The van der Waals surface area contributed by atoms with E-state index in [1.807, 2.05) is 24.6 Å². The van der Waals surface area contributed by atoms with Crippen molar-refractivity contribution in [1.82, 2.24) is 4.72 Å². The number of hydrogen-bond donors (Lipinski definition) is 1. The summed E-state index contributed by atoms with van der Waals surface area (Å²) in [7, 11) is -4.36. The number of aryl methyl sites for hydroxylation is 4. The SMILES string of the molecule is CCN(CC(NS(=O)(=O)c1c(C)cc(C)cc1C)C(F)(F)F)c1ccccc1C. The number of para-hydroxylation sites is 1. The van der Waals surface area contributed by atoms with E-state index in [2.05, 4.69) is 0 Å². The second-order valence-electron chi connectivity index (χ2n) is 7.27. The zero-order valence-electron chi connectivity index (χ0n) is 17.3. The molecule has 0 saturated heterocycles. The largest absolute Gasteiger partial charge is 0.406 e. The van der Waals surface area contributed by atoms with Crippen molar-refractivity contribution in [2.24, 2.45) is 0 Å². The summed E-state index contributed by atoms with van der Waals surface area (Å²) in [6.45, 7) is 8.32. The first-order valence-corrected chi connectivity index (χ1v) is 10.8. The van der Waals surface area contributed by atoms with Crippen LogP contribution in [0.1, 0.15) is 29.2 Å². The average molecular weight is 429 g/mol. The fraction of sp³-hybridized carbons (Fsp3) is 0.429. The second kappa shape index (κ2) is 8.75. The van der Waals surface area contributed by atoms with Crippen molar-refractivity contribution in [3.63, 3.8) is 0 Å². The molecule has 0 aromatic heterocycles. The minimum atomic E-state index is -4.74. The van der Waals surface area contributed by atoms with Gasteiger partial charge in [0, 0.05) is 18.8 Å². The van der Waals surface area contributed by atoms with Crippen LogP contribution in [0.4, 0.5) is 18.9 Å². The van der Waals surface area contributed by atoms with Crippen LogP contribution >= 0.6 is 0 Å². The molecule has 0 aliphatic rings. The molecule has 0 aliphatic heterocycles. The van der Waals surface area contributed by atoms with Crippen LogP contribution in [0.5, 0.6) is 0 Å². The lowest BCUT2D eigenvalue weighted by molar-refractivity contribution is -0.149. The Morgan fingerprint density at radius 2 is 1.55 bits per heavy atom. The highest BCUT2D eigenvalue weighted by Crippen LogP contribution is 2.28. The second-order valence-corrected chi connectivity index (χ2v) is 8.92. The highest BCUT2D eigenvalue weighted by Gasteiger charge is 2.43. The quantitative estimate of drug-likeness (QED) is 0.698. The van der Waals surface area contributed by atoms with Crippen LogP contribution < -0.4 is 9.62 Å². The molecule has 0 amide bonds. The van der Waals surface area contributed by atoms with Gasteiger partial charge in [0.2, 0.25) is 10.0 Å². The minimum absolute atomic E-state index is 0.101. The predicted octanol–water partition coefficient (Wildman–Crippen LogP) is 4.66. The topological polar surface area (TPSA) is 49.4 Å². The maximum Gasteiger partial charge on any atom is 0.406 e. The van der Waals surface area contributed by atoms with Crippen molar-refractivity contribution in [2.75, 3.05) is 18.0 Å². The number of alkyl halides is 3. The predicted molar refractivity (Wildman–Crippen MR) is 110 cm³/mol. The number of nitrogens with zero attached hydrogens (tertiary/aromatic N) is 1. The first-order chi connectivity index (χ1) is 13.4. The lowest BCUT2D eigenvalue weighted by atomic mass is 10.1. The number of benzene rings is 2. The average Bonchev–Trinajstić information content (AvgIpc) is 2.57. The zero-order valence-corrected chi connectivity index (χ0v) is 18.1. The molecule has 0 heterocycles. The van der Waals surface area contributed by atoms with Crippen molar-refractivity contribution in [3.8, 4) is 0 Å². The number of hydrogen-bond acceptors (Lipinski definition) is 3. The molecule has 0 radical (unpaired) electrons. The summed E-state index contributed by atoms with van der Waals surface area (Å²) in [5.74, 6) is 0. The fourth-order valence-corrected chi connectivity index (χ4v) is 5.25. The summed E-state index contributed by atoms with van der Waals surface area (Å²) in [6, 6.07) is 8.15. The Balaban J connectivity index is 2.40. The molecule has 2 aromatic carbocycles. The first kappa shape index (κ1) is 23.2. The van der Waals surface area contributed by atoms with Crippen molar-refractivity contribution < 1.29 is 21.6 Å². The first-order valence-electron chi connectivity index (χ1n) is 9.34. The standard InChI is InChI=1S/C21H27F3N2O2S/c1-6-26(18-10-8-7-9-15(18)3)13-19(21(22,23)24)25-29(27,28)20-16(4)11-14(2)12-17(20)5/h7-12,19,25H,6,13H2,1-5H3. The van der Waals surface area contributed by atoms with E-state index in [4.69, 9.17) is 0 Å². The Morgan fingerprint density at radius 3 is 2.03 bits per heavy atom. The van der Waals surface area contributed by atoms with Gasteiger partial charge in [0.05, 0.1) is 4.90 Å². The van der Waals surface area contributed by atoms with E-state index < -0.39 is 28.8 Å². The van der Waals surface area contributed by atoms with Gasteiger partial charge in [0.25, 0.3) is 0 Å². The van der Waals surface area contributed by atoms with E-state index in [1.165, 1.54) is 4.90 Å². The van der Waals surface area contributed by atoms with Gasteiger partial charge in [-0.05, 0) is 57.4 Å². The van der Waals surface area contributed by atoms with Crippen LogP contribution in [-0.4, -0.2) is 33.7 Å². The molecule has 0 bridgehead atoms. The van der Waals surface area contributed by atoms with Crippen LogP contribution in [0.15, 0.2) is 41.3 Å². The highest BCUT2D eigenvalue weighted by molar-refractivity contribution is 7.89. The number of anilines is 1. The molecule has 0 spiro atoms. The normalized spacial score (nSPS) is 13.4. The summed E-state index contributed by atoms with van der Waals surface area (Å²) in [5, 5.41) is 0. The van der Waals surface area contributed by atoms with Gasteiger partial charge in [-0.1, -0.05) is 35.9 Å². The van der Waals surface area contributed by atoms with Gasteiger partial charge < -0.3 is 4.90 Å². The van der Waals surface area contributed by atoms with Crippen molar-refractivity contribution >= 4 is 15.7 Å². The summed E-state index contributed by atoms with van der Waals surface area (Å²) in [4.78, 5) is 1.43. The van der Waals surface area contributed by atoms with Crippen molar-refractivity contribution in [1.29, 1.82) is 0 Å². The third-order valence-electron chi connectivity index (χ3n) is 4.81. The van der Waals surface area contributed by atoms with Gasteiger partial charge in [-0.2, -0.15) is 17.9 Å². The lowest BCUT2D eigenvalue weighted by Crippen LogP contribution is -2.52. The number of likely N-dealkylation sites (N-methyl/N-ethyl adjacent to an activating group) is 1. The number of rotatable bonds is 7. The van der Waals surface area contributed by atoms with Gasteiger partial charge >= 0.3 is 6.18 Å². The molecule has 0 fully saturated rings. The number of sulfonamides is 1. The minimum Gasteiger partial charge on any atom is -0.370 e. The van der Waals surface area contributed by atoms with Gasteiger partial charge in [-0.25, -0.2) is 8.42 Å². The van der Waals surface area contributed by atoms with E-state index in [9.17, 15) is 21.6 Å².